The van der Waals surface area contributed by atoms with Gasteiger partial charge in [0.1, 0.15) is 0 Å². The van der Waals surface area contributed by atoms with E-state index in [-0.39, 0.29) is 0 Å². The fourth-order valence-electron chi connectivity index (χ4n) is 3.54. The van der Waals surface area contributed by atoms with Crippen LogP contribution in [0.5, 0.6) is 0 Å². The van der Waals surface area contributed by atoms with E-state index in [1.807, 2.05) is 97.1 Å². The van der Waals surface area contributed by atoms with E-state index in [0.29, 0.717) is 17.5 Å². The molecule has 32 heavy (non-hydrogen) atoms. The van der Waals surface area contributed by atoms with E-state index < -0.39 is 0 Å². The van der Waals surface area contributed by atoms with E-state index in [1.165, 1.54) is 0 Å². The summed E-state index contributed by atoms with van der Waals surface area (Å²) in [6.45, 7) is 0. The first-order valence-electron chi connectivity index (χ1n) is 10.6. The molecule has 5 aromatic rings. The molecular formula is C29H21N3. The third kappa shape index (κ3) is 4.37. The van der Waals surface area contributed by atoms with Gasteiger partial charge in [-0.05, 0) is 17.2 Å². The van der Waals surface area contributed by atoms with Crippen molar-refractivity contribution in [3.8, 4) is 22.8 Å². The molecule has 0 saturated heterocycles. The van der Waals surface area contributed by atoms with E-state index in [0.717, 1.165) is 27.8 Å². The normalized spacial score (nSPS) is 11.3. The highest BCUT2D eigenvalue weighted by Gasteiger charge is 2.15. The summed E-state index contributed by atoms with van der Waals surface area (Å²) in [6.07, 6.45) is 2.13. The van der Waals surface area contributed by atoms with Crippen molar-refractivity contribution in [3.63, 3.8) is 0 Å². The predicted octanol–water partition coefficient (Wildman–Crippen LogP) is 6.79. The van der Waals surface area contributed by atoms with Gasteiger partial charge in [0.25, 0.3) is 0 Å². The molecular weight excluding hydrogens is 390 g/mol. The molecule has 4 aromatic carbocycles. The first kappa shape index (κ1) is 19.6. The Morgan fingerprint density at radius 2 is 0.906 bits per heavy atom. The Bertz CT molecular complexity index is 1270. The van der Waals surface area contributed by atoms with Gasteiger partial charge in [0.2, 0.25) is 0 Å². The molecule has 1 heterocycles. The Kier molecular flexibility index (Phi) is 5.62. The lowest BCUT2D eigenvalue weighted by atomic mass is 10.0. The average Bonchev–Trinajstić information content (AvgIpc) is 2.89. The molecule has 0 unspecified atom stereocenters. The average molecular weight is 412 g/mol. The molecule has 0 fully saturated rings. The summed E-state index contributed by atoms with van der Waals surface area (Å²) < 4.78 is 0. The molecule has 0 spiro atoms. The molecule has 152 valence electrons. The van der Waals surface area contributed by atoms with Gasteiger partial charge in [0, 0.05) is 16.7 Å². The van der Waals surface area contributed by atoms with Crippen LogP contribution in [0.4, 0.5) is 0 Å². The first-order chi connectivity index (χ1) is 15.9. The zero-order chi connectivity index (χ0) is 21.6. The quantitative estimate of drug-likeness (QED) is 0.299. The van der Waals surface area contributed by atoms with Gasteiger partial charge in [-0.15, -0.1) is 0 Å². The summed E-state index contributed by atoms with van der Waals surface area (Å²) in [5, 5.41) is 0. The summed E-state index contributed by atoms with van der Waals surface area (Å²) >= 11 is 0. The van der Waals surface area contributed by atoms with Crippen LogP contribution in [0.15, 0.2) is 121 Å². The van der Waals surface area contributed by atoms with Crippen LogP contribution in [-0.2, 0) is 0 Å². The molecule has 3 heteroatoms. The fourth-order valence-corrected chi connectivity index (χ4v) is 3.54. The molecule has 0 aliphatic rings. The van der Waals surface area contributed by atoms with Crippen molar-refractivity contribution in [1.29, 1.82) is 0 Å². The van der Waals surface area contributed by atoms with Crippen LogP contribution >= 0.6 is 0 Å². The number of rotatable bonds is 5. The maximum atomic E-state index is 4.91. The van der Waals surface area contributed by atoms with Gasteiger partial charge in [-0.1, -0.05) is 121 Å². The molecule has 5 rings (SSSR count). The molecule has 0 aliphatic carbocycles. The van der Waals surface area contributed by atoms with Crippen LogP contribution in [0.2, 0.25) is 0 Å². The number of nitrogens with zero attached hydrogens (tertiary/aromatic N) is 3. The highest BCUT2D eigenvalue weighted by molar-refractivity contribution is 5.89. The topological polar surface area (TPSA) is 38.7 Å². The Morgan fingerprint density at radius 1 is 0.469 bits per heavy atom. The molecule has 0 amide bonds. The second kappa shape index (κ2) is 9.19. The minimum Gasteiger partial charge on any atom is -0.208 e. The monoisotopic (exact) mass is 411 g/mol. The third-order valence-electron chi connectivity index (χ3n) is 5.14. The molecule has 0 saturated carbocycles. The number of hydrogen-bond donors (Lipinski definition) is 0. The SMILES string of the molecule is C(=C(c1ccccc1)c1nc(-c2ccccc2)nc(-c2ccccc2)n1)c1ccccc1. The van der Waals surface area contributed by atoms with Gasteiger partial charge in [-0.2, -0.15) is 0 Å². The predicted molar refractivity (Wildman–Crippen MR) is 131 cm³/mol. The van der Waals surface area contributed by atoms with Gasteiger partial charge in [0.05, 0.1) is 0 Å². The standard InChI is InChI=1S/C29H21N3/c1-5-13-22(14-6-1)21-26(23-15-7-2-8-16-23)29-31-27(24-17-9-3-10-18-24)30-28(32-29)25-19-11-4-12-20-25/h1-21H. The second-order valence-electron chi connectivity index (χ2n) is 7.37. The second-order valence-corrected chi connectivity index (χ2v) is 7.37. The van der Waals surface area contributed by atoms with Crippen LogP contribution in [-0.4, -0.2) is 15.0 Å². The fraction of sp³-hybridized carbons (Fsp3) is 0. The van der Waals surface area contributed by atoms with E-state index in [4.69, 9.17) is 15.0 Å². The van der Waals surface area contributed by atoms with Gasteiger partial charge in [-0.25, -0.2) is 15.0 Å². The maximum absolute atomic E-state index is 4.91. The lowest BCUT2D eigenvalue weighted by Crippen LogP contribution is -2.03. The summed E-state index contributed by atoms with van der Waals surface area (Å²) in [4.78, 5) is 14.6. The van der Waals surface area contributed by atoms with E-state index in [2.05, 4.69) is 30.3 Å². The Labute approximate surface area is 187 Å². The molecule has 0 atom stereocenters. The smallest absolute Gasteiger partial charge is 0.164 e. The van der Waals surface area contributed by atoms with E-state index >= 15 is 0 Å². The molecule has 0 N–H and O–H groups in total. The third-order valence-corrected chi connectivity index (χ3v) is 5.14. The Hall–Kier alpha value is -4.37. The highest BCUT2D eigenvalue weighted by atomic mass is 15.0. The molecule has 3 nitrogen and oxygen atoms in total. The van der Waals surface area contributed by atoms with Gasteiger partial charge in [0.15, 0.2) is 17.5 Å². The largest absolute Gasteiger partial charge is 0.208 e. The van der Waals surface area contributed by atoms with E-state index in [1.54, 1.807) is 0 Å². The highest BCUT2D eigenvalue weighted by Crippen LogP contribution is 2.27. The molecule has 0 radical (unpaired) electrons. The molecule has 0 aliphatic heterocycles. The Morgan fingerprint density at radius 3 is 1.41 bits per heavy atom. The van der Waals surface area contributed by atoms with Gasteiger partial charge >= 0.3 is 0 Å². The summed E-state index contributed by atoms with van der Waals surface area (Å²) in [6, 6.07) is 40.6. The number of aromatic nitrogens is 3. The minimum atomic E-state index is 0.646. The lowest BCUT2D eigenvalue weighted by molar-refractivity contribution is 1.04. The van der Waals surface area contributed by atoms with Crippen molar-refractivity contribution in [2.24, 2.45) is 0 Å². The number of hydrogen-bond acceptors (Lipinski definition) is 3. The summed E-state index contributed by atoms with van der Waals surface area (Å²) in [5.41, 5.74) is 5.02. The van der Waals surface area contributed by atoms with Crippen molar-refractivity contribution in [1.82, 2.24) is 15.0 Å². The summed E-state index contributed by atoms with van der Waals surface area (Å²) in [5.74, 6) is 1.96. The van der Waals surface area contributed by atoms with Crippen molar-refractivity contribution < 1.29 is 0 Å². The summed E-state index contributed by atoms with van der Waals surface area (Å²) in [7, 11) is 0. The Balaban J connectivity index is 1.74. The van der Waals surface area contributed by atoms with Gasteiger partial charge in [-0.3, -0.25) is 0 Å². The number of benzene rings is 4. The minimum absolute atomic E-state index is 0.646. The van der Waals surface area contributed by atoms with Crippen LogP contribution in [0.3, 0.4) is 0 Å². The lowest BCUT2D eigenvalue weighted by Gasteiger charge is -2.11. The van der Waals surface area contributed by atoms with Crippen molar-refractivity contribution >= 4 is 11.6 Å². The van der Waals surface area contributed by atoms with Crippen LogP contribution in [0, 0.1) is 0 Å². The van der Waals surface area contributed by atoms with Crippen molar-refractivity contribution in [2.45, 2.75) is 0 Å². The van der Waals surface area contributed by atoms with Gasteiger partial charge < -0.3 is 0 Å². The van der Waals surface area contributed by atoms with Crippen LogP contribution in [0.1, 0.15) is 17.0 Å². The maximum Gasteiger partial charge on any atom is 0.164 e. The van der Waals surface area contributed by atoms with Crippen molar-refractivity contribution in [2.75, 3.05) is 0 Å². The zero-order valence-corrected chi connectivity index (χ0v) is 17.5. The zero-order valence-electron chi connectivity index (χ0n) is 17.5. The van der Waals surface area contributed by atoms with Crippen LogP contribution < -0.4 is 0 Å². The molecule has 1 aromatic heterocycles. The van der Waals surface area contributed by atoms with E-state index in [9.17, 15) is 0 Å². The molecule has 0 bridgehead atoms. The van der Waals surface area contributed by atoms with Crippen LogP contribution in [0.25, 0.3) is 34.4 Å². The van der Waals surface area contributed by atoms with Crippen molar-refractivity contribution in [3.05, 3.63) is 138 Å². The first-order valence-corrected chi connectivity index (χ1v) is 10.6.